The van der Waals surface area contributed by atoms with Gasteiger partial charge < -0.3 is 0 Å². The predicted octanol–water partition coefficient (Wildman–Crippen LogP) is 0.583. The number of aromatic nitrogens is 3. The van der Waals surface area contributed by atoms with E-state index >= 15 is 0 Å². The van der Waals surface area contributed by atoms with Crippen LogP contribution in [0.2, 0.25) is 0 Å². The smallest absolute Gasteiger partial charge is 0.141 e. The molecule has 0 amide bonds. The van der Waals surface area contributed by atoms with Crippen LogP contribution >= 0.6 is 0 Å². The second kappa shape index (κ2) is 3.47. The minimum atomic E-state index is 0.0759. The Morgan fingerprint density at radius 3 is 2.75 bits per heavy atom. The molecular formula is C8H13N3O. The number of ketones is 1. The second-order valence-corrected chi connectivity index (χ2v) is 3.18. The van der Waals surface area contributed by atoms with E-state index in [1.54, 1.807) is 17.9 Å². The first-order valence-electron chi connectivity index (χ1n) is 3.97. The van der Waals surface area contributed by atoms with Gasteiger partial charge in [-0.3, -0.25) is 9.48 Å². The molecule has 0 saturated carbocycles. The minimum absolute atomic E-state index is 0.0759. The van der Waals surface area contributed by atoms with Crippen molar-refractivity contribution < 1.29 is 4.79 Å². The number of Topliss-reactive ketones (excluding diaryl/α,β-unsaturated/α-hetero) is 1. The molecule has 0 fully saturated rings. The average Bonchev–Trinajstić information content (AvgIpc) is 2.35. The maximum atomic E-state index is 11.2. The fourth-order valence-electron chi connectivity index (χ4n) is 0.859. The van der Waals surface area contributed by atoms with Crippen LogP contribution in [0.1, 0.15) is 19.5 Å². The van der Waals surface area contributed by atoms with E-state index in [1.807, 2.05) is 13.8 Å². The largest absolute Gasteiger partial charge is 0.299 e. The SMILES string of the molecule is CC(C)C(=O)Cc1cn(C)nn1. The zero-order valence-electron chi connectivity index (χ0n) is 7.61. The number of carbonyl (C=O) groups excluding carboxylic acids is 1. The molecule has 1 heterocycles. The molecule has 1 aromatic heterocycles. The van der Waals surface area contributed by atoms with Crippen LogP contribution < -0.4 is 0 Å². The third-order valence-corrected chi connectivity index (χ3v) is 1.65. The lowest BCUT2D eigenvalue weighted by Gasteiger charge is -1.99. The molecular weight excluding hydrogens is 154 g/mol. The van der Waals surface area contributed by atoms with Gasteiger partial charge in [0.25, 0.3) is 0 Å². The average molecular weight is 167 g/mol. The van der Waals surface area contributed by atoms with E-state index in [0.717, 1.165) is 5.69 Å². The first-order chi connectivity index (χ1) is 5.59. The standard InChI is InChI=1S/C8H13N3O/c1-6(2)8(12)4-7-5-11(3)10-9-7/h5-6H,4H2,1-3H3. The summed E-state index contributed by atoms with van der Waals surface area (Å²) in [5.74, 6) is 0.280. The summed E-state index contributed by atoms with van der Waals surface area (Å²) in [7, 11) is 1.79. The zero-order valence-corrected chi connectivity index (χ0v) is 7.61. The van der Waals surface area contributed by atoms with Crippen molar-refractivity contribution in [2.45, 2.75) is 20.3 Å². The molecule has 4 heteroatoms. The van der Waals surface area contributed by atoms with Crippen LogP contribution in [0.3, 0.4) is 0 Å². The highest BCUT2D eigenvalue weighted by Gasteiger charge is 2.09. The Labute approximate surface area is 71.6 Å². The molecule has 12 heavy (non-hydrogen) atoms. The van der Waals surface area contributed by atoms with E-state index in [9.17, 15) is 4.79 Å². The molecule has 0 spiro atoms. The van der Waals surface area contributed by atoms with Gasteiger partial charge in [-0.1, -0.05) is 19.1 Å². The van der Waals surface area contributed by atoms with Gasteiger partial charge >= 0.3 is 0 Å². The number of carbonyl (C=O) groups is 1. The van der Waals surface area contributed by atoms with Crippen molar-refractivity contribution >= 4 is 5.78 Å². The van der Waals surface area contributed by atoms with Gasteiger partial charge in [0.2, 0.25) is 0 Å². The highest BCUT2D eigenvalue weighted by molar-refractivity contribution is 5.82. The third kappa shape index (κ3) is 2.15. The summed E-state index contributed by atoms with van der Waals surface area (Å²) in [5.41, 5.74) is 0.746. The molecule has 4 nitrogen and oxygen atoms in total. The molecule has 0 saturated heterocycles. The second-order valence-electron chi connectivity index (χ2n) is 3.18. The van der Waals surface area contributed by atoms with Gasteiger partial charge in [-0.25, -0.2) is 0 Å². The van der Waals surface area contributed by atoms with Crippen LogP contribution in [-0.2, 0) is 18.3 Å². The summed E-state index contributed by atoms with van der Waals surface area (Å²) in [6.07, 6.45) is 2.16. The number of hydrogen-bond donors (Lipinski definition) is 0. The summed E-state index contributed by atoms with van der Waals surface area (Å²) >= 11 is 0. The molecule has 0 unspecified atom stereocenters. The minimum Gasteiger partial charge on any atom is -0.299 e. The number of nitrogens with zero attached hydrogens (tertiary/aromatic N) is 3. The molecule has 0 aromatic carbocycles. The number of aryl methyl sites for hydroxylation is 1. The lowest BCUT2D eigenvalue weighted by Crippen LogP contribution is -2.10. The fourth-order valence-corrected chi connectivity index (χ4v) is 0.859. The maximum absolute atomic E-state index is 11.2. The van der Waals surface area contributed by atoms with Crippen LogP contribution in [0.25, 0.3) is 0 Å². The van der Waals surface area contributed by atoms with Crippen molar-refractivity contribution in [3.63, 3.8) is 0 Å². The molecule has 66 valence electrons. The number of hydrogen-bond acceptors (Lipinski definition) is 3. The molecule has 1 rings (SSSR count). The van der Waals surface area contributed by atoms with E-state index in [4.69, 9.17) is 0 Å². The van der Waals surface area contributed by atoms with E-state index in [-0.39, 0.29) is 11.7 Å². The molecule has 0 aliphatic carbocycles. The first kappa shape index (κ1) is 8.90. The third-order valence-electron chi connectivity index (χ3n) is 1.65. The van der Waals surface area contributed by atoms with Crippen molar-refractivity contribution in [3.8, 4) is 0 Å². The molecule has 0 aliphatic rings. The molecule has 0 bridgehead atoms. The van der Waals surface area contributed by atoms with Crippen LogP contribution in [0.5, 0.6) is 0 Å². The van der Waals surface area contributed by atoms with Crippen LogP contribution in [0.15, 0.2) is 6.20 Å². The van der Waals surface area contributed by atoms with Gasteiger partial charge in [0.15, 0.2) is 0 Å². The van der Waals surface area contributed by atoms with Gasteiger partial charge in [0, 0.05) is 19.2 Å². The Morgan fingerprint density at radius 2 is 2.33 bits per heavy atom. The lowest BCUT2D eigenvalue weighted by molar-refractivity contribution is -0.121. The highest BCUT2D eigenvalue weighted by Crippen LogP contribution is 2.01. The van der Waals surface area contributed by atoms with Crippen LogP contribution in [0, 0.1) is 5.92 Å². The Morgan fingerprint density at radius 1 is 1.67 bits per heavy atom. The predicted molar refractivity (Wildman–Crippen MR) is 44.6 cm³/mol. The lowest BCUT2D eigenvalue weighted by atomic mass is 10.1. The molecule has 0 atom stereocenters. The van der Waals surface area contributed by atoms with Crippen molar-refractivity contribution in [2.24, 2.45) is 13.0 Å². The summed E-state index contributed by atoms with van der Waals surface area (Å²) in [6.45, 7) is 3.78. The maximum Gasteiger partial charge on any atom is 0.141 e. The summed E-state index contributed by atoms with van der Waals surface area (Å²) in [6, 6.07) is 0. The van der Waals surface area contributed by atoms with Gasteiger partial charge in [-0.15, -0.1) is 5.10 Å². The summed E-state index contributed by atoms with van der Waals surface area (Å²) in [4.78, 5) is 11.2. The quantitative estimate of drug-likeness (QED) is 0.661. The summed E-state index contributed by atoms with van der Waals surface area (Å²) < 4.78 is 1.60. The Bertz CT molecular complexity index is 278. The van der Waals surface area contributed by atoms with Crippen molar-refractivity contribution in [1.82, 2.24) is 15.0 Å². The van der Waals surface area contributed by atoms with Crippen LogP contribution in [-0.4, -0.2) is 20.8 Å². The molecule has 1 aromatic rings. The topological polar surface area (TPSA) is 47.8 Å². The zero-order chi connectivity index (χ0) is 9.14. The first-order valence-corrected chi connectivity index (χ1v) is 3.97. The van der Waals surface area contributed by atoms with E-state index in [1.165, 1.54) is 0 Å². The van der Waals surface area contributed by atoms with Crippen molar-refractivity contribution in [3.05, 3.63) is 11.9 Å². The Kier molecular flexibility index (Phi) is 2.58. The van der Waals surface area contributed by atoms with Gasteiger partial charge in [0.1, 0.15) is 5.78 Å². The number of rotatable bonds is 3. The van der Waals surface area contributed by atoms with E-state index < -0.39 is 0 Å². The monoisotopic (exact) mass is 167 g/mol. The summed E-state index contributed by atoms with van der Waals surface area (Å²) in [5, 5.41) is 7.57. The fraction of sp³-hybridized carbons (Fsp3) is 0.625. The Balaban J connectivity index is 2.58. The van der Waals surface area contributed by atoms with Crippen LogP contribution in [0.4, 0.5) is 0 Å². The van der Waals surface area contributed by atoms with E-state index in [2.05, 4.69) is 10.3 Å². The molecule has 0 radical (unpaired) electrons. The molecule has 0 aliphatic heterocycles. The Hall–Kier alpha value is -1.19. The highest BCUT2D eigenvalue weighted by atomic mass is 16.1. The normalized spacial score (nSPS) is 10.7. The van der Waals surface area contributed by atoms with Gasteiger partial charge in [-0.05, 0) is 0 Å². The van der Waals surface area contributed by atoms with Crippen molar-refractivity contribution in [1.29, 1.82) is 0 Å². The van der Waals surface area contributed by atoms with E-state index in [0.29, 0.717) is 6.42 Å². The van der Waals surface area contributed by atoms with Gasteiger partial charge in [-0.2, -0.15) is 0 Å². The van der Waals surface area contributed by atoms with Gasteiger partial charge in [0.05, 0.1) is 12.1 Å². The van der Waals surface area contributed by atoms with Crippen molar-refractivity contribution in [2.75, 3.05) is 0 Å². The molecule has 0 N–H and O–H groups in total.